The predicted molar refractivity (Wildman–Crippen MR) is 70.1 cm³/mol. The summed E-state index contributed by atoms with van der Waals surface area (Å²) in [5, 5.41) is 3.64. The zero-order valence-electron chi connectivity index (χ0n) is 10.8. The number of hydrogen-bond acceptors (Lipinski definition) is 1. The third kappa shape index (κ3) is 2.53. The lowest BCUT2D eigenvalue weighted by Gasteiger charge is -2.23. The molecule has 2 N–H and O–H groups in total. The van der Waals surface area contributed by atoms with E-state index in [4.69, 9.17) is 0 Å². The number of amides is 1. The molecule has 0 fully saturated rings. The Kier molecular flexibility index (Phi) is 3.11. The smallest absolute Gasteiger partial charge is 0.268 e. The minimum atomic E-state index is -0.303. The summed E-state index contributed by atoms with van der Waals surface area (Å²) in [5.41, 5.74) is 0.965. The summed E-state index contributed by atoms with van der Waals surface area (Å²) in [7, 11) is 0. The Labute approximate surface area is 105 Å². The first kappa shape index (κ1) is 12.6. The molecule has 18 heavy (non-hydrogen) atoms. The number of halogens is 1. The summed E-state index contributed by atoms with van der Waals surface area (Å²) >= 11 is 0. The average molecular weight is 248 g/mol. The first-order valence-electron chi connectivity index (χ1n) is 6.02. The number of carbonyl (C=O) groups is 1. The fourth-order valence-electron chi connectivity index (χ4n) is 1.69. The maximum absolute atomic E-state index is 13.1. The molecule has 0 aliphatic heterocycles. The molecule has 0 saturated carbocycles. The van der Waals surface area contributed by atoms with Crippen LogP contribution in [0.25, 0.3) is 10.9 Å². The first-order valence-corrected chi connectivity index (χ1v) is 6.02. The maximum atomic E-state index is 13.1. The highest BCUT2D eigenvalue weighted by Gasteiger charge is 2.19. The molecule has 2 rings (SSSR count). The summed E-state index contributed by atoms with van der Waals surface area (Å²) in [5.74, 6) is -0.471. The van der Waals surface area contributed by atoms with Gasteiger partial charge in [-0.3, -0.25) is 4.79 Å². The van der Waals surface area contributed by atoms with Crippen molar-refractivity contribution in [3.05, 3.63) is 35.8 Å². The first-order chi connectivity index (χ1) is 8.41. The average Bonchev–Trinajstić information content (AvgIpc) is 2.71. The molecule has 0 aliphatic carbocycles. The molecular weight excluding hydrogens is 231 g/mol. The number of fused-ring (bicyclic) bond motifs is 1. The molecule has 1 heterocycles. The van der Waals surface area contributed by atoms with E-state index in [1.807, 2.05) is 20.8 Å². The number of aromatic amines is 1. The molecule has 0 radical (unpaired) electrons. The van der Waals surface area contributed by atoms with Gasteiger partial charge < -0.3 is 10.3 Å². The standard InChI is InChI=1S/C14H17FN2O/c1-4-14(2,3)17-13(18)12-8-9-7-10(15)5-6-11(9)16-12/h5-8,16H,4H2,1-3H3,(H,17,18). The fourth-order valence-corrected chi connectivity index (χ4v) is 1.69. The Bertz CT molecular complexity index is 586. The fraction of sp³-hybridized carbons (Fsp3) is 0.357. The van der Waals surface area contributed by atoms with Gasteiger partial charge in [-0.05, 0) is 44.5 Å². The Morgan fingerprint density at radius 2 is 2.11 bits per heavy atom. The van der Waals surface area contributed by atoms with Crippen molar-refractivity contribution in [3.63, 3.8) is 0 Å². The molecule has 3 nitrogen and oxygen atoms in total. The SMILES string of the molecule is CCC(C)(C)NC(=O)c1cc2cc(F)ccc2[nH]1. The van der Waals surface area contributed by atoms with Crippen LogP contribution in [0, 0.1) is 5.82 Å². The van der Waals surface area contributed by atoms with E-state index in [0.717, 1.165) is 11.9 Å². The Hall–Kier alpha value is -1.84. The van der Waals surface area contributed by atoms with Crippen molar-refractivity contribution in [1.29, 1.82) is 0 Å². The van der Waals surface area contributed by atoms with E-state index >= 15 is 0 Å². The van der Waals surface area contributed by atoms with Gasteiger partial charge in [-0.2, -0.15) is 0 Å². The number of rotatable bonds is 3. The second kappa shape index (κ2) is 4.44. The van der Waals surface area contributed by atoms with Crippen LogP contribution in [-0.4, -0.2) is 16.4 Å². The second-order valence-electron chi connectivity index (χ2n) is 5.11. The van der Waals surface area contributed by atoms with Crippen LogP contribution in [0.5, 0.6) is 0 Å². The summed E-state index contributed by atoms with van der Waals surface area (Å²) in [6.45, 7) is 5.95. The van der Waals surface area contributed by atoms with Crippen molar-refractivity contribution in [3.8, 4) is 0 Å². The molecule has 2 aromatic rings. The topological polar surface area (TPSA) is 44.9 Å². The molecule has 0 atom stereocenters. The lowest BCUT2D eigenvalue weighted by Crippen LogP contribution is -2.42. The molecule has 1 aromatic heterocycles. The zero-order chi connectivity index (χ0) is 13.3. The number of hydrogen-bond donors (Lipinski definition) is 2. The summed E-state index contributed by atoms with van der Waals surface area (Å²) in [4.78, 5) is 15.0. The largest absolute Gasteiger partial charge is 0.351 e. The van der Waals surface area contributed by atoms with Crippen LogP contribution < -0.4 is 5.32 Å². The van der Waals surface area contributed by atoms with Crippen LogP contribution in [0.2, 0.25) is 0 Å². The van der Waals surface area contributed by atoms with E-state index in [1.165, 1.54) is 12.1 Å². The number of benzene rings is 1. The molecule has 0 spiro atoms. The number of nitrogens with one attached hydrogen (secondary N) is 2. The quantitative estimate of drug-likeness (QED) is 0.860. The minimum Gasteiger partial charge on any atom is -0.351 e. The highest BCUT2D eigenvalue weighted by molar-refractivity contribution is 5.98. The van der Waals surface area contributed by atoms with Crippen molar-refractivity contribution < 1.29 is 9.18 Å². The highest BCUT2D eigenvalue weighted by Crippen LogP contribution is 2.17. The monoisotopic (exact) mass is 248 g/mol. The van der Waals surface area contributed by atoms with Crippen molar-refractivity contribution in [1.82, 2.24) is 10.3 Å². The summed E-state index contributed by atoms with van der Waals surface area (Å²) in [6, 6.07) is 6.08. The van der Waals surface area contributed by atoms with E-state index in [1.54, 1.807) is 12.1 Å². The number of carbonyl (C=O) groups excluding carboxylic acids is 1. The third-order valence-corrected chi connectivity index (χ3v) is 3.16. The van der Waals surface area contributed by atoms with Gasteiger partial charge in [0.25, 0.3) is 5.91 Å². The molecule has 0 bridgehead atoms. The maximum Gasteiger partial charge on any atom is 0.268 e. The molecule has 96 valence electrons. The van der Waals surface area contributed by atoms with E-state index in [9.17, 15) is 9.18 Å². The molecule has 0 saturated heterocycles. The molecule has 4 heteroatoms. The van der Waals surface area contributed by atoms with Gasteiger partial charge >= 0.3 is 0 Å². The molecule has 1 amide bonds. The van der Waals surface area contributed by atoms with Gasteiger partial charge in [0.15, 0.2) is 0 Å². The third-order valence-electron chi connectivity index (χ3n) is 3.16. The van der Waals surface area contributed by atoms with Crippen LogP contribution in [-0.2, 0) is 0 Å². The number of aromatic nitrogens is 1. The Balaban J connectivity index is 2.28. The van der Waals surface area contributed by atoms with Crippen LogP contribution in [0.3, 0.4) is 0 Å². The Morgan fingerprint density at radius 1 is 1.39 bits per heavy atom. The molecule has 1 aromatic carbocycles. The van der Waals surface area contributed by atoms with Crippen molar-refractivity contribution >= 4 is 16.8 Å². The summed E-state index contributed by atoms with van der Waals surface area (Å²) < 4.78 is 13.1. The Morgan fingerprint density at radius 3 is 2.78 bits per heavy atom. The van der Waals surface area contributed by atoms with E-state index < -0.39 is 0 Å². The second-order valence-corrected chi connectivity index (χ2v) is 5.11. The van der Waals surface area contributed by atoms with Gasteiger partial charge in [0.1, 0.15) is 11.5 Å². The van der Waals surface area contributed by atoms with Crippen molar-refractivity contribution in [2.24, 2.45) is 0 Å². The number of H-pyrrole nitrogens is 1. The lowest BCUT2D eigenvalue weighted by atomic mass is 10.0. The van der Waals surface area contributed by atoms with Gasteiger partial charge in [-0.15, -0.1) is 0 Å². The minimum absolute atomic E-state index is 0.168. The molecule has 0 unspecified atom stereocenters. The van der Waals surface area contributed by atoms with Crippen LogP contribution in [0.15, 0.2) is 24.3 Å². The molecule has 0 aliphatic rings. The van der Waals surface area contributed by atoms with Gasteiger partial charge in [-0.1, -0.05) is 6.92 Å². The van der Waals surface area contributed by atoms with Crippen molar-refractivity contribution in [2.75, 3.05) is 0 Å². The summed E-state index contributed by atoms with van der Waals surface area (Å²) in [6.07, 6.45) is 0.841. The van der Waals surface area contributed by atoms with E-state index in [-0.39, 0.29) is 17.3 Å². The van der Waals surface area contributed by atoms with Gasteiger partial charge in [0.2, 0.25) is 0 Å². The van der Waals surface area contributed by atoms with Gasteiger partial charge in [0, 0.05) is 16.4 Å². The zero-order valence-corrected chi connectivity index (χ0v) is 10.8. The van der Waals surface area contributed by atoms with Gasteiger partial charge in [0.05, 0.1) is 0 Å². The van der Waals surface area contributed by atoms with Crippen molar-refractivity contribution in [2.45, 2.75) is 32.7 Å². The lowest BCUT2D eigenvalue weighted by molar-refractivity contribution is 0.0907. The normalized spacial score (nSPS) is 11.8. The van der Waals surface area contributed by atoms with E-state index in [2.05, 4.69) is 10.3 Å². The van der Waals surface area contributed by atoms with Crippen LogP contribution in [0.4, 0.5) is 4.39 Å². The van der Waals surface area contributed by atoms with Crippen LogP contribution in [0.1, 0.15) is 37.7 Å². The van der Waals surface area contributed by atoms with E-state index in [0.29, 0.717) is 11.1 Å². The predicted octanol–water partition coefficient (Wildman–Crippen LogP) is 3.23. The van der Waals surface area contributed by atoms with Gasteiger partial charge in [-0.25, -0.2) is 4.39 Å². The molecular formula is C14H17FN2O. The van der Waals surface area contributed by atoms with Crippen LogP contribution >= 0.6 is 0 Å². The highest BCUT2D eigenvalue weighted by atomic mass is 19.1.